The molecule has 3 heteroatoms. The van der Waals surface area contributed by atoms with Crippen LogP contribution in [-0.2, 0) is 11.2 Å². The van der Waals surface area contributed by atoms with Crippen LogP contribution < -0.4 is 0 Å². The molecule has 0 aliphatic heterocycles. The SMILES string of the molecule is COCCC(C)(O)Cc1csc2ccccc12. The van der Waals surface area contributed by atoms with Crippen molar-refractivity contribution in [3.8, 4) is 0 Å². The number of benzene rings is 1. The fraction of sp³-hybridized carbons (Fsp3) is 0.429. The zero-order valence-corrected chi connectivity index (χ0v) is 11.1. The minimum Gasteiger partial charge on any atom is -0.390 e. The molecule has 0 radical (unpaired) electrons. The van der Waals surface area contributed by atoms with Crippen LogP contribution in [0.25, 0.3) is 10.1 Å². The lowest BCUT2D eigenvalue weighted by Gasteiger charge is -2.22. The Morgan fingerprint density at radius 1 is 1.35 bits per heavy atom. The van der Waals surface area contributed by atoms with E-state index >= 15 is 0 Å². The van der Waals surface area contributed by atoms with Gasteiger partial charge < -0.3 is 9.84 Å². The first kappa shape index (κ1) is 12.6. The Hall–Kier alpha value is -0.900. The highest BCUT2D eigenvalue weighted by molar-refractivity contribution is 7.17. The van der Waals surface area contributed by atoms with Gasteiger partial charge in [-0.3, -0.25) is 0 Å². The Bertz CT molecular complexity index is 488. The van der Waals surface area contributed by atoms with Crippen LogP contribution in [-0.4, -0.2) is 24.4 Å². The molecule has 92 valence electrons. The van der Waals surface area contributed by atoms with Gasteiger partial charge in [-0.25, -0.2) is 0 Å². The van der Waals surface area contributed by atoms with Crippen LogP contribution in [0.1, 0.15) is 18.9 Å². The van der Waals surface area contributed by atoms with Gasteiger partial charge in [-0.2, -0.15) is 0 Å². The molecule has 0 aliphatic carbocycles. The number of ether oxygens (including phenoxy) is 1. The van der Waals surface area contributed by atoms with E-state index in [1.165, 1.54) is 15.6 Å². The van der Waals surface area contributed by atoms with Gasteiger partial charge in [0.05, 0.1) is 5.60 Å². The van der Waals surface area contributed by atoms with Crippen molar-refractivity contribution in [2.45, 2.75) is 25.4 Å². The second-order valence-corrected chi connectivity index (χ2v) is 5.58. The number of rotatable bonds is 5. The van der Waals surface area contributed by atoms with E-state index < -0.39 is 5.60 Å². The average Bonchev–Trinajstić information content (AvgIpc) is 2.70. The molecule has 1 atom stereocenters. The molecule has 0 saturated heterocycles. The number of aliphatic hydroxyl groups is 1. The molecule has 0 bridgehead atoms. The topological polar surface area (TPSA) is 29.5 Å². The van der Waals surface area contributed by atoms with Crippen LogP contribution in [0.4, 0.5) is 0 Å². The average molecular weight is 250 g/mol. The summed E-state index contributed by atoms with van der Waals surface area (Å²) >= 11 is 1.74. The van der Waals surface area contributed by atoms with Crippen molar-refractivity contribution >= 4 is 21.4 Å². The van der Waals surface area contributed by atoms with Crippen molar-refractivity contribution in [2.24, 2.45) is 0 Å². The first-order valence-corrected chi connectivity index (χ1v) is 6.67. The Morgan fingerprint density at radius 3 is 2.88 bits per heavy atom. The summed E-state index contributed by atoms with van der Waals surface area (Å²) in [5.74, 6) is 0. The molecule has 17 heavy (non-hydrogen) atoms. The third kappa shape index (κ3) is 3.06. The van der Waals surface area contributed by atoms with Crippen molar-refractivity contribution in [3.63, 3.8) is 0 Å². The molecule has 0 saturated carbocycles. The van der Waals surface area contributed by atoms with E-state index in [9.17, 15) is 5.11 Å². The first-order chi connectivity index (χ1) is 8.12. The fourth-order valence-electron chi connectivity index (χ4n) is 1.99. The maximum absolute atomic E-state index is 10.3. The number of hydrogen-bond acceptors (Lipinski definition) is 3. The molecule has 1 N–H and O–H groups in total. The van der Waals surface area contributed by atoms with Crippen molar-refractivity contribution < 1.29 is 9.84 Å². The fourth-order valence-corrected chi connectivity index (χ4v) is 2.95. The molecule has 0 fully saturated rings. The second-order valence-electron chi connectivity index (χ2n) is 4.67. The van der Waals surface area contributed by atoms with E-state index in [1.807, 2.05) is 19.1 Å². The van der Waals surface area contributed by atoms with Crippen LogP contribution in [0.5, 0.6) is 0 Å². The van der Waals surface area contributed by atoms with Crippen molar-refractivity contribution in [3.05, 3.63) is 35.2 Å². The van der Waals surface area contributed by atoms with Crippen LogP contribution in [0.3, 0.4) is 0 Å². The van der Waals surface area contributed by atoms with Crippen molar-refractivity contribution in [2.75, 3.05) is 13.7 Å². The summed E-state index contributed by atoms with van der Waals surface area (Å²) in [6, 6.07) is 8.33. The Balaban J connectivity index is 2.18. The summed E-state index contributed by atoms with van der Waals surface area (Å²) in [5.41, 5.74) is 0.534. The molecule has 2 rings (SSSR count). The van der Waals surface area contributed by atoms with E-state index in [0.29, 0.717) is 19.4 Å². The lowest BCUT2D eigenvalue weighted by atomic mass is 9.93. The first-order valence-electron chi connectivity index (χ1n) is 5.79. The lowest BCUT2D eigenvalue weighted by molar-refractivity contribution is 0.0252. The van der Waals surface area contributed by atoms with E-state index in [0.717, 1.165) is 0 Å². The predicted octanol–water partition coefficient (Wildman–Crippen LogP) is 3.23. The highest BCUT2D eigenvalue weighted by Crippen LogP contribution is 2.29. The van der Waals surface area contributed by atoms with Gasteiger partial charge in [0.1, 0.15) is 0 Å². The molecule has 0 spiro atoms. The molecule has 0 amide bonds. The predicted molar refractivity (Wildman–Crippen MR) is 72.6 cm³/mol. The maximum atomic E-state index is 10.3. The van der Waals surface area contributed by atoms with Gasteiger partial charge in [0.2, 0.25) is 0 Å². The Morgan fingerprint density at radius 2 is 2.12 bits per heavy atom. The van der Waals surface area contributed by atoms with Crippen LogP contribution in [0.15, 0.2) is 29.6 Å². The zero-order chi connectivity index (χ0) is 12.3. The van der Waals surface area contributed by atoms with Gasteiger partial charge in [0.25, 0.3) is 0 Å². The van der Waals surface area contributed by atoms with E-state index in [-0.39, 0.29) is 0 Å². The monoisotopic (exact) mass is 250 g/mol. The summed E-state index contributed by atoms with van der Waals surface area (Å²) in [7, 11) is 1.66. The smallest absolute Gasteiger partial charge is 0.0682 e. The summed E-state index contributed by atoms with van der Waals surface area (Å²) in [6.07, 6.45) is 1.34. The normalized spacial score (nSPS) is 15.0. The van der Waals surface area contributed by atoms with Gasteiger partial charge in [0, 0.05) is 24.8 Å². The number of thiophene rings is 1. The highest BCUT2D eigenvalue weighted by Gasteiger charge is 2.22. The van der Waals surface area contributed by atoms with Gasteiger partial charge in [0.15, 0.2) is 0 Å². The van der Waals surface area contributed by atoms with Crippen molar-refractivity contribution in [1.82, 2.24) is 0 Å². The van der Waals surface area contributed by atoms with E-state index in [4.69, 9.17) is 4.74 Å². The highest BCUT2D eigenvalue weighted by atomic mass is 32.1. The third-order valence-corrected chi connectivity index (χ3v) is 3.99. The lowest BCUT2D eigenvalue weighted by Crippen LogP contribution is -2.28. The van der Waals surface area contributed by atoms with Crippen LogP contribution in [0, 0.1) is 0 Å². The zero-order valence-electron chi connectivity index (χ0n) is 10.3. The minimum atomic E-state index is -0.695. The molecular formula is C14H18O2S. The summed E-state index contributed by atoms with van der Waals surface area (Å²) < 4.78 is 6.31. The molecule has 1 heterocycles. The molecular weight excluding hydrogens is 232 g/mol. The minimum absolute atomic E-state index is 0.592. The third-order valence-electron chi connectivity index (χ3n) is 2.98. The van der Waals surface area contributed by atoms with E-state index in [2.05, 4.69) is 17.5 Å². The summed E-state index contributed by atoms with van der Waals surface area (Å²) in [4.78, 5) is 0. The standard InChI is InChI=1S/C14H18O2S/c1-14(15,7-8-16-2)9-11-10-17-13-6-4-3-5-12(11)13/h3-6,10,15H,7-9H2,1-2H3. The van der Waals surface area contributed by atoms with Crippen LogP contribution >= 0.6 is 11.3 Å². The summed E-state index contributed by atoms with van der Waals surface area (Å²) in [5, 5.41) is 13.7. The largest absolute Gasteiger partial charge is 0.390 e. The second kappa shape index (κ2) is 5.17. The van der Waals surface area contributed by atoms with Gasteiger partial charge in [-0.05, 0) is 35.7 Å². The molecule has 1 unspecified atom stereocenters. The van der Waals surface area contributed by atoms with Crippen molar-refractivity contribution in [1.29, 1.82) is 0 Å². The summed E-state index contributed by atoms with van der Waals surface area (Å²) in [6.45, 7) is 2.47. The van der Waals surface area contributed by atoms with Gasteiger partial charge in [-0.15, -0.1) is 11.3 Å². The maximum Gasteiger partial charge on any atom is 0.0682 e. The molecule has 1 aromatic heterocycles. The number of methoxy groups -OCH3 is 1. The quantitative estimate of drug-likeness (QED) is 0.882. The molecule has 2 nitrogen and oxygen atoms in total. The van der Waals surface area contributed by atoms with Gasteiger partial charge in [-0.1, -0.05) is 18.2 Å². The molecule has 1 aromatic carbocycles. The number of hydrogen-bond donors (Lipinski definition) is 1. The Kier molecular flexibility index (Phi) is 3.82. The molecule has 2 aromatic rings. The molecule has 0 aliphatic rings. The van der Waals surface area contributed by atoms with Crippen LogP contribution in [0.2, 0.25) is 0 Å². The number of fused-ring (bicyclic) bond motifs is 1. The van der Waals surface area contributed by atoms with E-state index in [1.54, 1.807) is 18.4 Å². The Labute approximate surface area is 106 Å². The van der Waals surface area contributed by atoms with Gasteiger partial charge >= 0.3 is 0 Å².